The lowest BCUT2D eigenvalue weighted by atomic mass is 10.3. The summed E-state index contributed by atoms with van der Waals surface area (Å²) in [6.07, 6.45) is 2.64. The topological polar surface area (TPSA) is 46.6 Å². The molecule has 0 atom stereocenters. The molecule has 0 aliphatic heterocycles. The SMILES string of the molecule is C=CCN(CCCC(=O)OC)C(C)=O. The molecule has 0 radical (unpaired) electrons. The van der Waals surface area contributed by atoms with Gasteiger partial charge in [0, 0.05) is 26.4 Å². The van der Waals surface area contributed by atoms with Crippen LogP contribution >= 0.6 is 0 Å². The molecule has 4 heteroatoms. The van der Waals surface area contributed by atoms with E-state index >= 15 is 0 Å². The molecule has 4 nitrogen and oxygen atoms in total. The maximum atomic E-state index is 11.0. The molecule has 0 rings (SSSR count). The van der Waals surface area contributed by atoms with Crippen molar-refractivity contribution in [1.29, 1.82) is 0 Å². The highest BCUT2D eigenvalue weighted by atomic mass is 16.5. The van der Waals surface area contributed by atoms with Crippen LogP contribution in [0.25, 0.3) is 0 Å². The third kappa shape index (κ3) is 5.35. The number of methoxy groups -OCH3 is 1. The summed E-state index contributed by atoms with van der Waals surface area (Å²) < 4.78 is 4.49. The summed E-state index contributed by atoms with van der Waals surface area (Å²) in [5.74, 6) is -0.248. The molecular weight excluding hydrogens is 182 g/mol. The highest BCUT2D eigenvalue weighted by Crippen LogP contribution is 1.97. The Bertz CT molecular complexity index is 213. The predicted molar refractivity (Wildman–Crippen MR) is 53.7 cm³/mol. The molecular formula is C10H17NO3. The van der Waals surface area contributed by atoms with Crippen LogP contribution in [-0.2, 0) is 14.3 Å². The molecule has 1 amide bonds. The fourth-order valence-corrected chi connectivity index (χ4v) is 1.05. The van der Waals surface area contributed by atoms with Crippen LogP contribution in [0.1, 0.15) is 19.8 Å². The summed E-state index contributed by atoms with van der Waals surface area (Å²) in [7, 11) is 1.36. The molecule has 0 heterocycles. The van der Waals surface area contributed by atoms with E-state index in [1.807, 2.05) is 0 Å². The van der Waals surface area contributed by atoms with Gasteiger partial charge >= 0.3 is 5.97 Å². The first-order chi connectivity index (χ1) is 6.61. The number of rotatable bonds is 6. The van der Waals surface area contributed by atoms with Crippen molar-refractivity contribution in [3.63, 3.8) is 0 Å². The zero-order valence-corrected chi connectivity index (χ0v) is 8.78. The second-order valence-electron chi connectivity index (χ2n) is 2.93. The lowest BCUT2D eigenvalue weighted by Crippen LogP contribution is -2.30. The average molecular weight is 199 g/mol. The molecule has 0 spiro atoms. The molecule has 0 unspecified atom stereocenters. The lowest BCUT2D eigenvalue weighted by molar-refractivity contribution is -0.141. The van der Waals surface area contributed by atoms with Crippen molar-refractivity contribution in [2.24, 2.45) is 0 Å². The molecule has 14 heavy (non-hydrogen) atoms. The van der Waals surface area contributed by atoms with Crippen LogP contribution in [0.5, 0.6) is 0 Å². The van der Waals surface area contributed by atoms with Crippen LogP contribution in [0, 0.1) is 0 Å². The first-order valence-electron chi connectivity index (χ1n) is 4.55. The number of ether oxygens (including phenoxy) is 1. The van der Waals surface area contributed by atoms with E-state index in [-0.39, 0.29) is 11.9 Å². The van der Waals surface area contributed by atoms with Gasteiger partial charge in [-0.25, -0.2) is 0 Å². The van der Waals surface area contributed by atoms with Crippen LogP contribution in [0.15, 0.2) is 12.7 Å². The van der Waals surface area contributed by atoms with Gasteiger partial charge in [-0.3, -0.25) is 9.59 Å². The second kappa shape index (κ2) is 7.12. The maximum Gasteiger partial charge on any atom is 0.305 e. The van der Waals surface area contributed by atoms with Gasteiger partial charge in [-0.2, -0.15) is 0 Å². The Hall–Kier alpha value is -1.32. The minimum atomic E-state index is -0.243. The van der Waals surface area contributed by atoms with E-state index in [0.717, 1.165) is 0 Å². The quantitative estimate of drug-likeness (QED) is 0.473. The largest absolute Gasteiger partial charge is 0.469 e. The third-order valence-corrected chi connectivity index (χ3v) is 1.83. The van der Waals surface area contributed by atoms with Gasteiger partial charge in [0.05, 0.1) is 7.11 Å². The number of esters is 1. The predicted octanol–water partition coefficient (Wildman–Crippen LogP) is 0.974. The van der Waals surface area contributed by atoms with E-state index in [0.29, 0.717) is 25.9 Å². The first kappa shape index (κ1) is 12.7. The zero-order chi connectivity index (χ0) is 11.0. The van der Waals surface area contributed by atoms with E-state index in [1.165, 1.54) is 14.0 Å². The molecule has 0 saturated heterocycles. The Balaban J connectivity index is 3.76. The molecule has 0 bridgehead atoms. The summed E-state index contributed by atoms with van der Waals surface area (Å²) in [5, 5.41) is 0. The Morgan fingerprint density at radius 3 is 2.57 bits per heavy atom. The van der Waals surface area contributed by atoms with Gasteiger partial charge in [-0.05, 0) is 6.42 Å². The van der Waals surface area contributed by atoms with Crippen molar-refractivity contribution in [2.45, 2.75) is 19.8 Å². The zero-order valence-electron chi connectivity index (χ0n) is 8.78. The molecule has 0 fully saturated rings. The van der Waals surface area contributed by atoms with Gasteiger partial charge in [-0.1, -0.05) is 6.08 Å². The number of hydrogen-bond donors (Lipinski definition) is 0. The van der Waals surface area contributed by atoms with Gasteiger partial charge in [0.2, 0.25) is 5.91 Å². The second-order valence-corrected chi connectivity index (χ2v) is 2.93. The van der Waals surface area contributed by atoms with E-state index in [1.54, 1.807) is 11.0 Å². The Kier molecular flexibility index (Phi) is 6.45. The van der Waals surface area contributed by atoms with Gasteiger partial charge in [0.15, 0.2) is 0 Å². The first-order valence-corrected chi connectivity index (χ1v) is 4.55. The lowest BCUT2D eigenvalue weighted by Gasteiger charge is -2.18. The maximum absolute atomic E-state index is 11.0. The fraction of sp³-hybridized carbons (Fsp3) is 0.600. The van der Waals surface area contributed by atoms with E-state index in [4.69, 9.17) is 0 Å². The van der Waals surface area contributed by atoms with Crippen LogP contribution in [-0.4, -0.2) is 37.0 Å². The van der Waals surface area contributed by atoms with Gasteiger partial charge in [0.1, 0.15) is 0 Å². The van der Waals surface area contributed by atoms with Crippen molar-refractivity contribution in [3.8, 4) is 0 Å². The van der Waals surface area contributed by atoms with E-state index < -0.39 is 0 Å². The van der Waals surface area contributed by atoms with Crippen LogP contribution < -0.4 is 0 Å². The Labute approximate surface area is 84.5 Å². The van der Waals surface area contributed by atoms with Crippen LogP contribution in [0.2, 0.25) is 0 Å². The molecule has 0 aliphatic rings. The van der Waals surface area contributed by atoms with E-state index in [2.05, 4.69) is 11.3 Å². The number of hydrogen-bond acceptors (Lipinski definition) is 3. The minimum absolute atomic E-state index is 0.00485. The van der Waals surface area contributed by atoms with Crippen molar-refractivity contribution in [3.05, 3.63) is 12.7 Å². The van der Waals surface area contributed by atoms with Crippen molar-refractivity contribution in [2.75, 3.05) is 20.2 Å². The summed E-state index contributed by atoms with van der Waals surface area (Å²) >= 11 is 0. The van der Waals surface area contributed by atoms with Gasteiger partial charge < -0.3 is 9.64 Å². The van der Waals surface area contributed by atoms with Gasteiger partial charge in [-0.15, -0.1) is 6.58 Å². The number of nitrogens with zero attached hydrogens (tertiary/aromatic N) is 1. The molecule has 80 valence electrons. The minimum Gasteiger partial charge on any atom is -0.469 e. The molecule has 0 aromatic heterocycles. The molecule has 0 N–H and O–H groups in total. The van der Waals surface area contributed by atoms with E-state index in [9.17, 15) is 9.59 Å². The van der Waals surface area contributed by atoms with Crippen molar-refractivity contribution >= 4 is 11.9 Å². The van der Waals surface area contributed by atoms with Crippen LogP contribution in [0.3, 0.4) is 0 Å². The standard InChI is InChI=1S/C10H17NO3/c1-4-7-11(9(2)12)8-5-6-10(13)14-3/h4H,1,5-8H2,2-3H3. The summed E-state index contributed by atoms with van der Waals surface area (Å²) in [6, 6.07) is 0. The van der Waals surface area contributed by atoms with Gasteiger partial charge in [0.25, 0.3) is 0 Å². The van der Waals surface area contributed by atoms with Crippen molar-refractivity contribution < 1.29 is 14.3 Å². The Morgan fingerprint density at radius 1 is 1.50 bits per heavy atom. The molecule has 0 aliphatic carbocycles. The summed E-state index contributed by atoms with van der Waals surface area (Å²) in [5.41, 5.74) is 0. The van der Waals surface area contributed by atoms with Crippen molar-refractivity contribution in [1.82, 2.24) is 4.90 Å². The number of carbonyl (C=O) groups is 2. The summed E-state index contributed by atoms with van der Waals surface area (Å²) in [6.45, 7) is 6.15. The Morgan fingerprint density at radius 2 is 2.14 bits per heavy atom. The molecule has 0 saturated carbocycles. The number of carbonyl (C=O) groups excluding carboxylic acids is 2. The molecule has 0 aromatic carbocycles. The normalized spacial score (nSPS) is 9.29. The average Bonchev–Trinajstić information content (AvgIpc) is 2.16. The smallest absolute Gasteiger partial charge is 0.305 e. The third-order valence-electron chi connectivity index (χ3n) is 1.83. The summed E-state index contributed by atoms with van der Waals surface area (Å²) in [4.78, 5) is 23.5. The highest BCUT2D eigenvalue weighted by Gasteiger charge is 2.07. The fourth-order valence-electron chi connectivity index (χ4n) is 1.05. The molecule has 0 aromatic rings. The van der Waals surface area contributed by atoms with Crippen LogP contribution in [0.4, 0.5) is 0 Å². The number of amides is 1. The highest BCUT2D eigenvalue weighted by molar-refractivity contribution is 5.73. The monoisotopic (exact) mass is 199 g/mol.